The number of methoxy groups -OCH3 is 2. The van der Waals surface area contributed by atoms with Crippen LogP contribution in [0.2, 0.25) is 0 Å². The number of esters is 1. The van der Waals surface area contributed by atoms with Crippen LogP contribution in [-0.2, 0) is 14.9 Å². The van der Waals surface area contributed by atoms with Crippen LogP contribution in [0.5, 0.6) is 34.5 Å². The molecule has 1 aliphatic heterocycles. The smallest absolute Gasteiger partial charge is 0.303 e. The average Bonchev–Trinajstić information content (AvgIpc) is 3.54. The first-order valence-corrected chi connectivity index (χ1v) is 18.3. The van der Waals surface area contributed by atoms with E-state index in [-0.39, 0.29) is 25.2 Å². The van der Waals surface area contributed by atoms with Crippen molar-refractivity contribution in [2.24, 2.45) is 5.92 Å². The van der Waals surface area contributed by atoms with Crippen LogP contribution in [-0.4, -0.2) is 56.8 Å². The van der Waals surface area contributed by atoms with E-state index < -0.39 is 34.7 Å². The predicted octanol–water partition coefficient (Wildman–Crippen LogP) is 8.58. The van der Waals surface area contributed by atoms with E-state index in [1.807, 2.05) is 19.9 Å². The second-order valence-electron chi connectivity index (χ2n) is 12.9. The number of para-hydroxylation sites is 2. The van der Waals surface area contributed by atoms with Crippen LogP contribution in [0.3, 0.4) is 0 Å². The molecule has 3 unspecified atom stereocenters. The Bertz CT molecular complexity index is 1430. The van der Waals surface area contributed by atoms with Gasteiger partial charge in [-0.15, -0.1) is 0 Å². The van der Waals surface area contributed by atoms with E-state index in [1.54, 1.807) is 24.3 Å². The van der Waals surface area contributed by atoms with Crippen LogP contribution in [0.25, 0.3) is 0 Å². The number of hydrogen-bond donors (Lipinski definition) is 0. The molecular formula is C39H56N2O10. The van der Waals surface area contributed by atoms with Crippen molar-refractivity contribution in [3.63, 3.8) is 0 Å². The summed E-state index contributed by atoms with van der Waals surface area (Å²) >= 11 is 0. The highest BCUT2D eigenvalue weighted by Crippen LogP contribution is 2.54. The molecule has 0 saturated heterocycles. The fourth-order valence-electron chi connectivity index (χ4n) is 6.90. The Kier molecular flexibility index (Phi) is 16.4. The first-order valence-electron chi connectivity index (χ1n) is 18.3. The molecule has 0 amide bonds. The molecule has 0 bridgehead atoms. The fraction of sp³-hybridized carbons (Fsp3) is 0.641. The molecule has 1 heterocycles. The van der Waals surface area contributed by atoms with Crippen LogP contribution in [0.4, 0.5) is 0 Å². The molecule has 3 atom stereocenters. The van der Waals surface area contributed by atoms with Gasteiger partial charge in [0.1, 0.15) is 0 Å². The Hall–Kier alpha value is -4.40. The summed E-state index contributed by atoms with van der Waals surface area (Å²) in [6.45, 7) is 10.3. The first kappa shape index (κ1) is 41.0. The highest BCUT2D eigenvalue weighted by molar-refractivity contribution is 5.67. The van der Waals surface area contributed by atoms with Crippen molar-refractivity contribution in [2.45, 2.75) is 129 Å². The van der Waals surface area contributed by atoms with E-state index in [0.29, 0.717) is 66.1 Å². The van der Waals surface area contributed by atoms with E-state index in [0.717, 1.165) is 38.5 Å². The topological polar surface area (TPSA) is 149 Å². The standard InChI is InChI=1S/C39H56N2O10/c1-8-12-16-22-47-34-24-29(36(48-23-17-13-9-2)38(46-7)37(34)45-6)39(26-40,28(10-3)11-4)21-20-31(49-27(5)42)30(41(43)44)25-35-50-32-18-14-15-19-33(32)51-35/h14-15,18-19,24,28,30-31,35H,8-13,16-17,20-23,25H2,1-7H3. The van der Waals surface area contributed by atoms with Gasteiger partial charge in [-0.3, -0.25) is 14.9 Å². The zero-order valence-electron chi connectivity index (χ0n) is 31.4. The van der Waals surface area contributed by atoms with E-state index >= 15 is 0 Å². The number of nitro groups is 1. The lowest BCUT2D eigenvalue weighted by molar-refractivity contribution is -0.537. The Morgan fingerprint density at radius 2 is 1.53 bits per heavy atom. The van der Waals surface area contributed by atoms with Gasteiger partial charge in [-0.25, -0.2) is 0 Å². The number of nitrogens with zero attached hydrogens (tertiary/aromatic N) is 2. The number of benzene rings is 2. The van der Waals surface area contributed by atoms with Crippen molar-refractivity contribution in [3.05, 3.63) is 46.0 Å². The lowest BCUT2D eigenvalue weighted by Crippen LogP contribution is -2.43. The maximum atomic E-state index is 12.6. The molecule has 51 heavy (non-hydrogen) atoms. The molecule has 0 fully saturated rings. The molecule has 0 aromatic heterocycles. The average molecular weight is 713 g/mol. The summed E-state index contributed by atoms with van der Waals surface area (Å²) < 4.78 is 41.9. The van der Waals surface area contributed by atoms with Crippen molar-refractivity contribution >= 4 is 5.97 Å². The summed E-state index contributed by atoms with van der Waals surface area (Å²) in [5.41, 5.74) is -0.698. The summed E-state index contributed by atoms with van der Waals surface area (Å²) in [5, 5.41) is 23.9. The highest BCUT2D eigenvalue weighted by Gasteiger charge is 2.47. The van der Waals surface area contributed by atoms with Crippen LogP contribution >= 0.6 is 0 Å². The third-order valence-corrected chi connectivity index (χ3v) is 9.57. The van der Waals surface area contributed by atoms with Crippen LogP contribution in [0.15, 0.2) is 30.3 Å². The van der Waals surface area contributed by atoms with Crippen molar-refractivity contribution < 1.29 is 42.9 Å². The minimum atomic E-state index is -1.38. The Labute approximate surface area is 302 Å². The van der Waals surface area contributed by atoms with Crippen LogP contribution in [0, 0.1) is 27.4 Å². The molecule has 3 rings (SSSR count). The quantitative estimate of drug-likeness (QED) is 0.0446. The Balaban J connectivity index is 2.14. The highest BCUT2D eigenvalue weighted by atomic mass is 16.7. The predicted molar refractivity (Wildman–Crippen MR) is 193 cm³/mol. The number of carbonyl (C=O) groups is 1. The zero-order chi connectivity index (χ0) is 37.4. The van der Waals surface area contributed by atoms with Gasteiger partial charge in [0, 0.05) is 17.4 Å². The van der Waals surface area contributed by atoms with Gasteiger partial charge in [-0.05, 0) is 49.8 Å². The minimum absolute atomic E-state index is 0.00522. The SMILES string of the molecule is CCCCCOc1cc(C(C#N)(CCC(OC(C)=O)C(CC2Oc3ccccc3O2)[N+](=O)[O-])C(CC)CC)c(OCCCCC)c(OC)c1OC. The number of carbonyl (C=O) groups excluding carboxylic acids is 1. The largest absolute Gasteiger partial charge is 0.490 e. The van der Waals surface area contributed by atoms with E-state index in [1.165, 1.54) is 21.1 Å². The Morgan fingerprint density at radius 3 is 2.02 bits per heavy atom. The lowest BCUT2D eigenvalue weighted by atomic mass is 9.65. The van der Waals surface area contributed by atoms with Crippen molar-refractivity contribution in [1.29, 1.82) is 5.26 Å². The summed E-state index contributed by atoms with van der Waals surface area (Å²) in [5.74, 6) is 1.57. The number of rotatable bonds is 24. The molecule has 1 aliphatic rings. The summed E-state index contributed by atoms with van der Waals surface area (Å²) in [7, 11) is 3.06. The van der Waals surface area contributed by atoms with Crippen LogP contribution in [0.1, 0.15) is 111 Å². The van der Waals surface area contributed by atoms with Crippen LogP contribution < -0.4 is 28.4 Å². The summed E-state index contributed by atoms with van der Waals surface area (Å²) in [6, 6.07) is 10.1. The van der Waals surface area contributed by atoms with Gasteiger partial charge >= 0.3 is 5.97 Å². The van der Waals surface area contributed by atoms with Crippen molar-refractivity contribution in [3.8, 4) is 40.6 Å². The molecule has 282 valence electrons. The molecule has 0 N–H and O–H groups in total. The number of unbranched alkanes of at least 4 members (excludes halogenated alkanes) is 4. The van der Waals surface area contributed by atoms with Crippen molar-refractivity contribution in [2.75, 3.05) is 27.4 Å². The maximum absolute atomic E-state index is 12.6. The maximum Gasteiger partial charge on any atom is 0.303 e. The molecule has 2 aromatic carbocycles. The molecule has 0 radical (unpaired) electrons. The molecule has 2 aromatic rings. The monoisotopic (exact) mass is 712 g/mol. The molecule has 0 spiro atoms. The van der Waals surface area contributed by atoms with E-state index in [4.69, 9.17) is 33.2 Å². The summed E-state index contributed by atoms with van der Waals surface area (Å²) in [4.78, 5) is 24.6. The minimum Gasteiger partial charge on any atom is -0.490 e. The number of fused-ring (bicyclic) bond motifs is 1. The second-order valence-corrected chi connectivity index (χ2v) is 12.9. The van der Waals surface area contributed by atoms with Crippen molar-refractivity contribution in [1.82, 2.24) is 0 Å². The van der Waals surface area contributed by atoms with Gasteiger partial charge in [-0.2, -0.15) is 5.26 Å². The Morgan fingerprint density at radius 1 is 0.941 bits per heavy atom. The fourth-order valence-corrected chi connectivity index (χ4v) is 6.90. The number of nitriles is 1. The third-order valence-electron chi connectivity index (χ3n) is 9.57. The summed E-state index contributed by atoms with van der Waals surface area (Å²) in [6.07, 6.45) is 4.62. The second kappa shape index (κ2) is 20.4. The molecule has 0 aliphatic carbocycles. The molecule has 0 saturated carbocycles. The van der Waals surface area contributed by atoms with Gasteiger partial charge in [0.15, 0.2) is 29.1 Å². The first-order chi connectivity index (χ1) is 24.6. The van der Waals surface area contributed by atoms with E-state index in [2.05, 4.69) is 19.9 Å². The van der Waals surface area contributed by atoms with Gasteiger partial charge in [-0.1, -0.05) is 78.4 Å². The molecule has 12 nitrogen and oxygen atoms in total. The number of hydrogen-bond acceptors (Lipinski definition) is 11. The van der Waals surface area contributed by atoms with Gasteiger partial charge in [0.25, 0.3) is 6.04 Å². The number of ether oxygens (including phenoxy) is 7. The molecule has 12 heteroatoms. The van der Waals surface area contributed by atoms with Gasteiger partial charge in [0.05, 0.1) is 45.3 Å². The van der Waals surface area contributed by atoms with Gasteiger partial charge in [0.2, 0.25) is 17.8 Å². The lowest BCUT2D eigenvalue weighted by Gasteiger charge is -2.37. The molecular weight excluding hydrogens is 656 g/mol. The normalized spacial score (nSPS) is 14.6. The van der Waals surface area contributed by atoms with Gasteiger partial charge < -0.3 is 33.2 Å². The van der Waals surface area contributed by atoms with E-state index in [9.17, 15) is 20.2 Å². The zero-order valence-corrected chi connectivity index (χ0v) is 31.4. The third kappa shape index (κ3) is 10.3.